The van der Waals surface area contributed by atoms with Crippen LogP contribution in [0.1, 0.15) is 75.2 Å². The fourth-order valence-electron chi connectivity index (χ4n) is 4.65. The molecule has 0 spiro atoms. The summed E-state index contributed by atoms with van der Waals surface area (Å²) in [4.78, 5) is 70.9. The minimum absolute atomic E-state index is 0.202. The lowest BCUT2D eigenvalue weighted by Crippen LogP contribution is -2.41. The Morgan fingerprint density at radius 2 is 1.08 bits per heavy atom. The number of alkyl halides is 6. The fraction of sp³-hybridized carbons (Fsp3) is 0.647. The molecule has 0 saturated carbocycles. The third kappa shape index (κ3) is 18.7. The molecular formula is C34H46F6O12. The second kappa shape index (κ2) is 20.0. The lowest BCUT2D eigenvalue weighted by Gasteiger charge is -2.31. The Balaban J connectivity index is 0.00000101. The Kier molecular flexibility index (Phi) is 18.3. The first-order valence-electron chi connectivity index (χ1n) is 15.8. The minimum atomic E-state index is -4.72. The molecule has 0 N–H and O–H groups in total. The maximum Gasteiger partial charge on any atom is 0.425 e. The molecule has 0 fully saturated rings. The molecule has 0 aromatic heterocycles. The number of ether oxygens (including phenoxy) is 6. The van der Waals surface area contributed by atoms with Gasteiger partial charge >= 0.3 is 48.2 Å². The lowest BCUT2D eigenvalue weighted by atomic mass is 9.84. The Morgan fingerprint density at radius 3 is 1.46 bits per heavy atom. The predicted molar refractivity (Wildman–Crippen MR) is 169 cm³/mol. The summed E-state index contributed by atoms with van der Waals surface area (Å²) < 4.78 is 103. The third-order valence-corrected chi connectivity index (χ3v) is 7.11. The normalized spacial score (nSPS) is 14.8. The molecule has 1 rings (SSSR count). The largest absolute Gasteiger partial charge is 0.469 e. The molecule has 1 aromatic rings. The molecule has 0 aliphatic carbocycles. The van der Waals surface area contributed by atoms with Crippen LogP contribution in [0.5, 0.6) is 5.75 Å². The van der Waals surface area contributed by atoms with E-state index in [2.05, 4.69) is 14.2 Å². The van der Waals surface area contributed by atoms with Crippen LogP contribution >= 0.6 is 0 Å². The van der Waals surface area contributed by atoms with Gasteiger partial charge in [0.05, 0.1) is 30.8 Å². The molecule has 0 aliphatic rings. The quantitative estimate of drug-likeness (QED) is 0.0850. The number of rotatable bonds is 15. The number of carbonyl (C=O) groups excluding carboxylic acids is 6. The number of hydrogen-bond acceptors (Lipinski definition) is 12. The molecule has 1 aromatic carbocycles. The highest BCUT2D eigenvalue weighted by molar-refractivity contribution is 5.83. The van der Waals surface area contributed by atoms with Gasteiger partial charge in [-0.25, -0.2) is 0 Å². The third-order valence-electron chi connectivity index (χ3n) is 7.11. The predicted octanol–water partition coefficient (Wildman–Crippen LogP) is 6.32. The first kappa shape index (κ1) is 47.6. The van der Waals surface area contributed by atoms with Crippen molar-refractivity contribution < 1.29 is 83.5 Å². The smallest absolute Gasteiger partial charge is 0.425 e. The number of para-hydroxylation sites is 1. The Hall–Kier alpha value is -4.38. The van der Waals surface area contributed by atoms with Crippen LogP contribution in [-0.2, 0) is 52.5 Å². The molecule has 5 unspecified atom stereocenters. The van der Waals surface area contributed by atoms with Gasteiger partial charge in [-0.1, -0.05) is 32.0 Å². The van der Waals surface area contributed by atoms with Crippen LogP contribution in [-0.4, -0.2) is 79.2 Å². The second-order valence-corrected chi connectivity index (χ2v) is 13.0. The van der Waals surface area contributed by atoms with Gasteiger partial charge in [-0.2, -0.15) is 26.3 Å². The van der Waals surface area contributed by atoms with Crippen molar-refractivity contribution in [1.29, 1.82) is 0 Å². The summed E-state index contributed by atoms with van der Waals surface area (Å²) in [6, 6.07) is 8.01. The summed E-state index contributed by atoms with van der Waals surface area (Å²) in [7, 11) is 1.09. The van der Waals surface area contributed by atoms with Crippen molar-refractivity contribution in [2.75, 3.05) is 13.7 Å². The maximum absolute atomic E-state index is 12.6. The number of methoxy groups -OCH3 is 1. The second-order valence-electron chi connectivity index (χ2n) is 13.0. The van der Waals surface area contributed by atoms with Crippen LogP contribution in [0.25, 0.3) is 0 Å². The van der Waals surface area contributed by atoms with Gasteiger partial charge < -0.3 is 28.4 Å². The van der Waals surface area contributed by atoms with Gasteiger partial charge in [0.15, 0.2) is 12.7 Å². The number of halogens is 6. The number of benzene rings is 1. The maximum atomic E-state index is 12.6. The van der Waals surface area contributed by atoms with Crippen molar-refractivity contribution in [2.45, 2.75) is 105 Å². The van der Waals surface area contributed by atoms with Gasteiger partial charge in [0.25, 0.3) is 0 Å². The standard InChI is InChI=1S/C19H23F3O6.C15H23F3O6/c1-12(16(24)27-14-8-6-5-7-9-14)15(10-18(3,4)28-13(2)23)17(25)26-11-19(20,21)22;1-8(12(20)22-6)11(7-14(4,5)24-10(3)19)13(21)23-9(2)15(16,17)18/h5-9,12,15H,10-11H2,1-4H3;8-9,11H,7H2,1-6H3. The van der Waals surface area contributed by atoms with Crippen molar-refractivity contribution in [1.82, 2.24) is 0 Å². The number of hydrogen-bond donors (Lipinski definition) is 0. The highest BCUT2D eigenvalue weighted by Crippen LogP contribution is 2.32. The van der Waals surface area contributed by atoms with Gasteiger partial charge in [0.2, 0.25) is 0 Å². The summed E-state index contributed by atoms with van der Waals surface area (Å²) >= 11 is 0. The van der Waals surface area contributed by atoms with Crippen molar-refractivity contribution in [3.63, 3.8) is 0 Å². The zero-order chi connectivity index (χ0) is 40.8. The van der Waals surface area contributed by atoms with Crippen molar-refractivity contribution >= 4 is 35.8 Å². The van der Waals surface area contributed by atoms with Crippen molar-refractivity contribution in [2.24, 2.45) is 23.7 Å². The fourth-order valence-corrected chi connectivity index (χ4v) is 4.65. The molecule has 0 aliphatic heterocycles. The summed E-state index contributed by atoms with van der Waals surface area (Å²) in [6.45, 7) is 9.82. The minimum Gasteiger partial charge on any atom is -0.469 e. The Bertz CT molecular complexity index is 1360. The number of esters is 6. The first-order valence-corrected chi connectivity index (χ1v) is 15.8. The molecule has 0 radical (unpaired) electrons. The molecule has 18 heteroatoms. The van der Waals surface area contributed by atoms with Crippen LogP contribution < -0.4 is 4.74 Å². The van der Waals surface area contributed by atoms with Crippen LogP contribution in [0.15, 0.2) is 30.3 Å². The summed E-state index contributed by atoms with van der Waals surface area (Å²) in [6.07, 6.45) is -12.2. The molecular weight excluding hydrogens is 714 g/mol. The van der Waals surface area contributed by atoms with E-state index in [1.54, 1.807) is 18.2 Å². The highest BCUT2D eigenvalue weighted by atomic mass is 19.4. The van der Waals surface area contributed by atoms with Gasteiger partial charge in [0.1, 0.15) is 17.0 Å². The van der Waals surface area contributed by atoms with Gasteiger partial charge in [-0.05, 0) is 46.8 Å². The van der Waals surface area contributed by atoms with E-state index in [-0.39, 0.29) is 18.6 Å². The average Bonchev–Trinajstić information content (AvgIpc) is 2.98. The molecule has 5 atom stereocenters. The monoisotopic (exact) mass is 760 g/mol. The summed E-state index contributed by atoms with van der Waals surface area (Å²) in [5, 5.41) is 0. The molecule has 0 heterocycles. The molecule has 0 saturated heterocycles. The van der Waals surface area contributed by atoms with Gasteiger partial charge in [-0.3, -0.25) is 28.8 Å². The van der Waals surface area contributed by atoms with Gasteiger partial charge in [0, 0.05) is 26.7 Å². The van der Waals surface area contributed by atoms with Crippen LogP contribution in [0, 0.1) is 23.7 Å². The van der Waals surface area contributed by atoms with Crippen LogP contribution in [0.4, 0.5) is 26.3 Å². The van der Waals surface area contributed by atoms with E-state index in [1.807, 2.05) is 0 Å². The zero-order valence-corrected chi connectivity index (χ0v) is 30.6. The van der Waals surface area contributed by atoms with E-state index in [4.69, 9.17) is 14.2 Å². The average molecular weight is 761 g/mol. The van der Waals surface area contributed by atoms with Crippen molar-refractivity contribution in [3.8, 4) is 5.75 Å². The Labute approximate surface area is 297 Å². The van der Waals surface area contributed by atoms with E-state index in [0.717, 1.165) is 21.0 Å². The summed E-state index contributed by atoms with van der Waals surface area (Å²) in [5.74, 6) is -9.87. The van der Waals surface area contributed by atoms with E-state index in [9.17, 15) is 55.1 Å². The zero-order valence-electron chi connectivity index (χ0n) is 30.6. The first-order chi connectivity index (χ1) is 23.5. The SMILES string of the molecule is CC(=O)OC(C)(C)CC(C(=O)OCC(F)(F)F)C(C)C(=O)Oc1ccccc1.COC(=O)C(C)C(CC(C)(C)OC(C)=O)C(=O)OC(C)C(F)(F)F. The molecule has 12 nitrogen and oxygen atoms in total. The van der Waals surface area contributed by atoms with E-state index in [1.165, 1.54) is 53.7 Å². The topological polar surface area (TPSA) is 158 Å². The molecule has 0 amide bonds. The van der Waals surface area contributed by atoms with Crippen molar-refractivity contribution in [3.05, 3.63) is 30.3 Å². The van der Waals surface area contributed by atoms with E-state index < -0.39 is 95.8 Å². The molecule has 52 heavy (non-hydrogen) atoms. The summed E-state index contributed by atoms with van der Waals surface area (Å²) in [5.41, 5.74) is -2.39. The molecule has 0 bridgehead atoms. The number of carbonyl (C=O) groups is 6. The molecule has 296 valence electrons. The van der Waals surface area contributed by atoms with E-state index >= 15 is 0 Å². The van der Waals surface area contributed by atoms with Crippen LogP contribution in [0.3, 0.4) is 0 Å². The highest BCUT2D eigenvalue weighted by Gasteiger charge is 2.44. The Morgan fingerprint density at radius 1 is 0.654 bits per heavy atom. The van der Waals surface area contributed by atoms with Gasteiger partial charge in [-0.15, -0.1) is 0 Å². The van der Waals surface area contributed by atoms with Crippen LogP contribution in [0.2, 0.25) is 0 Å². The van der Waals surface area contributed by atoms with E-state index in [0.29, 0.717) is 6.92 Å². The lowest BCUT2D eigenvalue weighted by molar-refractivity contribution is -0.220.